The summed E-state index contributed by atoms with van der Waals surface area (Å²) in [4.78, 5) is 29.0. The summed E-state index contributed by atoms with van der Waals surface area (Å²) in [7, 11) is 0. The van der Waals surface area contributed by atoms with Gasteiger partial charge in [-0.15, -0.1) is 0 Å². The number of aryl methyl sites for hydroxylation is 1. The highest BCUT2D eigenvalue weighted by Gasteiger charge is 2.14. The third kappa shape index (κ3) is 4.89. The van der Waals surface area contributed by atoms with E-state index in [4.69, 9.17) is 9.47 Å². The predicted octanol–water partition coefficient (Wildman–Crippen LogP) is 4.53. The van der Waals surface area contributed by atoms with E-state index in [9.17, 15) is 9.59 Å². The fourth-order valence-corrected chi connectivity index (χ4v) is 3.93. The van der Waals surface area contributed by atoms with Gasteiger partial charge in [0.2, 0.25) is 0 Å². The van der Waals surface area contributed by atoms with E-state index >= 15 is 0 Å². The molecule has 2 aromatic carbocycles. The van der Waals surface area contributed by atoms with E-state index in [1.54, 1.807) is 30.5 Å². The molecule has 7 nitrogen and oxygen atoms in total. The van der Waals surface area contributed by atoms with Crippen molar-refractivity contribution in [2.75, 3.05) is 6.61 Å². The van der Waals surface area contributed by atoms with Crippen LogP contribution in [0.4, 0.5) is 0 Å². The fourth-order valence-electron chi connectivity index (χ4n) is 2.84. The summed E-state index contributed by atoms with van der Waals surface area (Å²) in [6, 6.07) is 8.91. The number of benzene rings is 2. The second-order valence-corrected chi connectivity index (χ2v) is 8.34. The second kappa shape index (κ2) is 9.69. The number of rotatable bonds is 6. The van der Waals surface area contributed by atoms with Crippen LogP contribution in [0, 0.1) is 3.57 Å². The zero-order chi connectivity index (χ0) is 21.8. The zero-order valence-corrected chi connectivity index (χ0v) is 20.4. The summed E-state index contributed by atoms with van der Waals surface area (Å²) < 4.78 is 13.7. The first kappa shape index (κ1) is 22.4. The van der Waals surface area contributed by atoms with Crippen LogP contribution in [0.3, 0.4) is 0 Å². The highest BCUT2D eigenvalue weighted by molar-refractivity contribution is 14.1. The van der Waals surface area contributed by atoms with Gasteiger partial charge in [-0.2, -0.15) is 9.78 Å². The fraction of sp³-hybridized carbons (Fsp3) is 0.238. The van der Waals surface area contributed by atoms with Gasteiger partial charge in [0.1, 0.15) is 5.82 Å². The van der Waals surface area contributed by atoms with Crippen molar-refractivity contribution in [2.24, 2.45) is 5.10 Å². The number of carbonyl (C=O) groups is 1. The van der Waals surface area contributed by atoms with E-state index in [1.165, 1.54) is 11.6 Å². The maximum atomic E-state index is 13.0. The smallest absolute Gasteiger partial charge is 0.308 e. The van der Waals surface area contributed by atoms with Crippen molar-refractivity contribution in [3.63, 3.8) is 0 Å². The van der Waals surface area contributed by atoms with Crippen LogP contribution in [-0.4, -0.2) is 28.5 Å². The Hall–Kier alpha value is -2.27. The quantitative estimate of drug-likeness (QED) is 0.184. The van der Waals surface area contributed by atoms with Crippen LogP contribution in [0.25, 0.3) is 10.9 Å². The third-order valence-electron chi connectivity index (χ3n) is 4.09. The van der Waals surface area contributed by atoms with E-state index in [-0.39, 0.29) is 5.56 Å². The van der Waals surface area contributed by atoms with E-state index < -0.39 is 5.97 Å². The summed E-state index contributed by atoms with van der Waals surface area (Å²) in [6.07, 6.45) is 2.11. The van der Waals surface area contributed by atoms with Crippen LogP contribution < -0.4 is 15.0 Å². The predicted molar refractivity (Wildman–Crippen MR) is 128 cm³/mol. The number of fused-ring (bicyclic) bond motifs is 1. The minimum atomic E-state index is -0.428. The summed E-state index contributed by atoms with van der Waals surface area (Å²) in [5, 5.41) is 4.87. The van der Waals surface area contributed by atoms with Crippen LogP contribution >= 0.6 is 38.5 Å². The van der Waals surface area contributed by atoms with E-state index in [0.29, 0.717) is 50.4 Å². The molecule has 3 rings (SSSR count). The van der Waals surface area contributed by atoms with E-state index in [1.807, 2.05) is 19.9 Å². The first-order valence-corrected chi connectivity index (χ1v) is 11.1. The summed E-state index contributed by atoms with van der Waals surface area (Å²) >= 11 is 5.46. The molecule has 0 unspecified atom stereocenters. The zero-order valence-electron chi connectivity index (χ0n) is 16.6. The Kier molecular flexibility index (Phi) is 7.24. The highest BCUT2D eigenvalue weighted by atomic mass is 127. The summed E-state index contributed by atoms with van der Waals surface area (Å²) in [6.45, 7) is 5.51. The number of esters is 1. The Bertz CT molecular complexity index is 1210. The van der Waals surface area contributed by atoms with Gasteiger partial charge >= 0.3 is 5.97 Å². The Morgan fingerprint density at radius 1 is 1.30 bits per heavy atom. The first-order chi connectivity index (χ1) is 14.3. The molecule has 0 N–H and O–H groups in total. The molecule has 0 aliphatic carbocycles. The molecule has 3 aromatic rings. The van der Waals surface area contributed by atoms with Gasteiger partial charge in [0, 0.05) is 17.8 Å². The van der Waals surface area contributed by atoms with Crippen LogP contribution in [0.2, 0.25) is 0 Å². The Labute approximate surface area is 195 Å². The molecular formula is C21H19BrIN3O4. The molecule has 0 amide bonds. The lowest BCUT2D eigenvalue weighted by Gasteiger charge is -2.12. The minimum absolute atomic E-state index is 0.245. The largest absolute Gasteiger partial charge is 0.490 e. The van der Waals surface area contributed by atoms with Crippen LogP contribution in [0.5, 0.6) is 11.5 Å². The molecule has 0 saturated heterocycles. The van der Waals surface area contributed by atoms with Crippen molar-refractivity contribution in [3.05, 3.63) is 60.1 Å². The summed E-state index contributed by atoms with van der Waals surface area (Å²) in [5.41, 5.74) is 1.08. The lowest BCUT2D eigenvalue weighted by Crippen LogP contribution is -2.22. The number of aromatic nitrogens is 2. The highest BCUT2D eigenvalue weighted by Crippen LogP contribution is 2.34. The van der Waals surface area contributed by atoms with Gasteiger partial charge in [0.05, 0.1) is 27.3 Å². The van der Waals surface area contributed by atoms with Crippen LogP contribution in [0.1, 0.15) is 32.2 Å². The average molecular weight is 584 g/mol. The van der Waals surface area contributed by atoms with Crippen molar-refractivity contribution >= 4 is 61.6 Å². The van der Waals surface area contributed by atoms with Crippen LogP contribution in [-0.2, 0) is 11.2 Å². The second-order valence-electron chi connectivity index (χ2n) is 6.26. The molecule has 0 radical (unpaired) electrons. The normalized spacial score (nSPS) is 11.2. The Balaban J connectivity index is 2.09. The molecule has 0 fully saturated rings. The first-order valence-electron chi connectivity index (χ1n) is 9.24. The lowest BCUT2D eigenvalue weighted by atomic mass is 10.2. The van der Waals surface area contributed by atoms with Gasteiger partial charge < -0.3 is 9.47 Å². The molecule has 0 saturated carbocycles. The van der Waals surface area contributed by atoms with Gasteiger partial charge in [0.25, 0.3) is 5.56 Å². The maximum Gasteiger partial charge on any atom is 0.308 e. The van der Waals surface area contributed by atoms with Gasteiger partial charge in [-0.05, 0) is 65.4 Å². The molecule has 0 spiro atoms. The topological polar surface area (TPSA) is 82.8 Å². The summed E-state index contributed by atoms with van der Waals surface area (Å²) in [5.74, 6) is 0.931. The van der Waals surface area contributed by atoms with Gasteiger partial charge in [-0.3, -0.25) is 9.59 Å². The number of halogens is 2. The van der Waals surface area contributed by atoms with Crippen molar-refractivity contribution in [1.82, 2.24) is 9.66 Å². The number of hydrogen-bond donors (Lipinski definition) is 0. The SMILES string of the molecule is CCOc1cc(C=Nn2c(CC)nc3ccc(Br)cc3c2=O)cc(I)c1OC(C)=O. The van der Waals surface area contributed by atoms with Crippen molar-refractivity contribution in [2.45, 2.75) is 27.2 Å². The van der Waals surface area contributed by atoms with Gasteiger partial charge in [-0.25, -0.2) is 4.98 Å². The molecule has 0 aliphatic heterocycles. The molecule has 1 heterocycles. The molecule has 156 valence electrons. The van der Waals surface area contributed by atoms with Gasteiger partial charge in [-0.1, -0.05) is 22.9 Å². The third-order valence-corrected chi connectivity index (χ3v) is 5.39. The van der Waals surface area contributed by atoms with E-state index in [0.717, 1.165) is 4.47 Å². The lowest BCUT2D eigenvalue weighted by molar-refractivity contribution is -0.132. The molecule has 0 bridgehead atoms. The minimum Gasteiger partial charge on any atom is -0.490 e. The molecule has 9 heteroatoms. The van der Waals surface area contributed by atoms with Crippen LogP contribution in [0.15, 0.2) is 44.7 Å². The number of nitrogens with zero attached hydrogens (tertiary/aromatic N) is 3. The average Bonchev–Trinajstić information content (AvgIpc) is 2.70. The van der Waals surface area contributed by atoms with Crippen molar-refractivity contribution < 1.29 is 14.3 Å². The number of hydrogen-bond acceptors (Lipinski definition) is 6. The number of ether oxygens (including phenoxy) is 2. The molecule has 0 atom stereocenters. The monoisotopic (exact) mass is 583 g/mol. The maximum absolute atomic E-state index is 13.0. The van der Waals surface area contributed by atoms with Gasteiger partial charge in [0.15, 0.2) is 11.5 Å². The molecular weight excluding hydrogens is 565 g/mol. The Morgan fingerprint density at radius 3 is 2.73 bits per heavy atom. The Morgan fingerprint density at radius 2 is 2.07 bits per heavy atom. The molecule has 30 heavy (non-hydrogen) atoms. The van der Waals surface area contributed by atoms with Crippen molar-refractivity contribution in [1.29, 1.82) is 0 Å². The van der Waals surface area contributed by atoms with Crippen molar-refractivity contribution in [3.8, 4) is 11.5 Å². The molecule has 1 aromatic heterocycles. The van der Waals surface area contributed by atoms with E-state index in [2.05, 4.69) is 48.6 Å². The standard InChI is InChI=1S/C21H19BrIN3O4/c1-4-19-25-17-7-6-14(22)10-15(17)21(28)26(19)24-11-13-8-16(23)20(30-12(3)27)18(9-13)29-5-2/h6-11H,4-5H2,1-3H3. The molecule has 0 aliphatic rings. The number of carbonyl (C=O) groups excluding carboxylic acids is 1.